The van der Waals surface area contributed by atoms with Crippen LogP contribution in [-0.4, -0.2) is 15.7 Å². The molecular formula is C9H13N3O2. The quantitative estimate of drug-likeness (QED) is 0.686. The second-order valence-corrected chi connectivity index (χ2v) is 3.27. The third-order valence-electron chi connectivity index (χ3n) is 2.22. The highest BCUT2D eigenvalue weighted by molar-refractivity contribution is 5.76. The average molecular weight is 195 g/mol. The van der Waals surface area contributed by atoms with Gasteiger partial charge >= 0.3 is 0 Å². The maximum Gasteiger partial charge on any atom is 0.269 e. The molecular weight excluding hydrogens is 182 g/mol. The summed E-state index contributed by atoms with van der Waals surface area (Å²) < 4.78 is 1.22. The number of carbonyl (C=O) groups is 1. The van der Waals surface area contributed by atoms with Gasteiger partial charge in [0, 0.05) is 12.6 Å². The van der Waals surface area contributed by atoms with Gasteiger partial charge in [0.1, 0.15) is 0 Å². The second-order valence-electron chi connectivity index (χ2n) is 3.27. The van der Waals surface area contributed by atoms with Crippen LogP contribution in [0.2, 0.25) is 0 Å². The molecule has 0 atom stereocenters. The Balaban J connectivity index is 3.33. The molecule has 0 saturated carbocycles. The number of amides is 1. The molecule has 5 nitrogen and oxygen atoms in total. The summed E-state index contributed by atoms with van der Waals surface area (Å²) in [6.07, 6.45) is 0.0702. The molecule has 0 spiro atoms. The third-order valence-corrected chi connectivity index (χ3v) is 2.22. The van der Waals surface area contributed by atoms with Crippen LogP contribution in [-0.2, 0) is 18.3 Å². The topological polar surface area (TPSA) is 78.0 Å². The number of aryl methyl sites for hydroxylation is 1. The van der Waals surface area contributed by atoms with Crippen molar-refractivity contribution in [1.29, 1.82) is 0 Å². The van der Waals surface area contributed by atoms with E-state index in [1.54, 1.807) is 20.9 Å². The number of carbonyl (C=O) groups excluding carboxylic acids is 1. The Morgan fingerprint density at radius 1 is 1.43 bits per heavy atom. The first kappa shape index (κ1) is 10.4. The molecule has 1 rings (SSSR count). The summed E-state index contributed by atoms with van der Waals surface area (Å²) in [6.45, 7) is 3.48. The van der Waals surface area contributed by atoms with Gasteiger partial charge in [-0.25, -0.2) is 4.68 Å². The SMILES string of the molecule is Cc1c(CC(N)=O)nn(C)c(=O)c1C. The molecule has 0 aliphatic heterocycles. The van der Waals surface area contributed by atoms with Crippen LogP contribution in [0.25, 0.3) is 0 Å². The molecule has 0 unspecified atom stereocenters. The zero-order chi connectivity index (χ0) is 10.9. The lowest BCUT2D eigenvalue weighted by atomic mass is 10.1. The predicted molar refractivity (Wildman–Crippen MR) is 51.9 cm³/mol. The number of rotatable bonds is 2. The van der Waals surface area contributed by atoms with E-state index >= 15 is 0 Å². The molecule has 1 aromatic rings. The van der Waals surface area contributed by atoms with E-state index in [9.17, 15) is 9.59 Å². The van der Waals surface area contributed by atoms with Crippen LogP contribution < -0.4 is 11.3 Å². The summed E-state index contributed by atoms with van der Waals surface area (Å²) in [7, 11) is 1.55. The first-order valence-electron chi connectivity index (χ1n) is 4.25. The van der Waals surface area contributed by atoms with Crippen molar-refractivity contribution in [2.24, 2.45) is 12.8 Å². The molecule has 5 heteroatoms. The molecule has 14 heavy (non-hydrogen) atoms. The molecule has 0 radical (unpaired) electrons. The van der Waals surface area contributed by atoms with Gasteiger partial charge in [-0.2, -0.15) is 5.10 Å². The van der Waals surface area contributed by atoms with E-state index in [1.165, 1.54) is 4.68 Å². The summed E-state index contributed by atoms with van der Waals surface area (Å²) in [4.78, 5) is 22.1. The summed E-state index contributed by atoms with van der Waals surface area (Å²) in [5, 5.41) is 3.98. The average Bonchev–Trinajstić information content (AvgIpc) is 2.10. The van der Waals surface area contributed by atoms with Gasteiger partial charge in [-0.15, -0.1) is 0 Å². The van der Waals surface area contributed by atoms with Crippen molar-refractivity contribution in [1.82, 2.24) is 9.78 Å². The van der Waals surface area contributed by atoms with Crippen molar-refractivity contribution in [3.8, 4) is 0 Å². The Bertz CT molecular complexity index is 434. The van der Waals surface area contributed by atoms with Gasteiger partial charge in [0.15, 0.2) is 0 Å². The summed E-state index contributed by atoms with van der Waals surface area (Å²) >= 11 is 0. The monoisotopic (exact) mass is 195 g/mol. The number of hydrogen-bond donors (Lipinski definition) is 1. The molecule has 0 aromatic carbocycles. The van der Waals surface area contributed by atoms with Crippen LogP contribution in [0.1, 0.15) is 16.8 Å². The minimum Gasteiger partial charge on any atom is -0.369 e. The van der Waals surface area contributed by atoms with E-state index in [0.717, 1.165) is 5.56 Å². The summed E-state index contributed by atoms with van der Waals surface area (Å²) in [6, 6.07) is 0. The zero-order valence-electron chi connectivity index (χ0n) is 8.50. The molecule has 2 N–H and O–H groups in total. The molecule has 1 heterocycles. The third kappa shape index (κ3) is 1.81. The Morgan fingerprint density at radius 2 is 2.00 bits per heavy atom. The largest absolute Gasteiger partial charge is 0.369 e. The smallest absolute Gasteiger partial charge is 0.269 e. The lowest BCUT2D eigenvalue weighted by molar-refractivity contribution is -0.117. The standard InChI is InChI=1S/C9H13N3O2/c1-5-6(2)9(14)12(3)11-7(5)4-8(10)13/h4H2,1-3H3,(H2,10,13). The van der Waals surface area contributed by atoms with Crippen LogP contribution in [0, 0.1) is 13.8 Å². The molecule has 0 fully saturated rings. The van der Waals surface area contributed by atoms with Gasteiger partial charge in [0.2, 0.25) is 5.91 Å². The Labute approximate surface area is 81.5 Å². The van der Waals surface area contributed by atoms with Crippen molar-refractivity contribution in [3.05, 3.63) is 27.2 Å². The lowest BCUT2D eigenvalue weighted by Crippen LogP contribution is -2.27. The highest BCUT2D eigenvalue weighted by Crippen LogP contribution is 2.05. The van der Waals surface area contributed by atoms with Gasteiger partial charge < -0.3 is 5.73 Å². The molecule has 0 aliphatic rings. The Hall–Kier alpha value is -1.65. The molecule has 1 aromatic heterocycles. The van der Waals surface area contributed by atoms with Gasteiger partial charge in [-0.3, -0.25) is 9.59 Å². The van der Waals surface area contributed by atoms with Gasteiger partial charge in [-0.1, -0.05) is 0 Å². The second kappa shape index (κ2) is 3.61. The van der Waals surface area contributed by atoms with Crippen LogP contribution in [0.3, 0.4) is 0 Å². The van der Waals surface area contributed by atoms with E-state index < -0.39 is 5.91 Å². The fourth-order valence-corrected chi connectivity index (χ4v) is 1.25. The fraction of sp³-hybridized carbons (Fsp3) is 0.444. The van der Waals surface area contributed by atoms with E-state index in [2.05, 4.69) is 5.10 Å². The van der Waals surface area contributed by atoms with Gasteiger partial charge in [-0.05, 0) is 19.4 Å². The Kier molecular flexibility index (Phi) is 2.69. The van der Waals surface area contributed by atoms with Crippen molar-refractivity contribution >= 4 is 5.91 Å². The normalized spacial score (nSPS) is 10.2. The van der Waals surface area contributed by atoms with E-state index in [0.29, 0.717) is 11.3 Å². The molecule has 1 amide bonds. The molecule has 0 bridgehead atoms. The van der Waals surface area contributed by atoms with Gasteiger partial charge in [0.25, 0.3) is 5.56 Å². The highest BCUT2D eigenvalue weighted by atomic mass is 16.1. The first-order chi connectivity index (χ1) is 6.43. The van der Waals surface area contributed by atoms with Crippen molar-refractivity contribution in [3.63, 3.8) is 0 Å². The number of nitrogens with zero attached hydrogens (tertiary/aromatic N) is 2. The van der Waals surface area contributed by atoms with Crippen LogP contribution in [0.15, 0.2) is 4.79 Å². The minimum absolute atomic E-state index is 0.0702. The minimum atomic E-state index is -0.446. The lowest BCUT2D eigenvalue weighted by Gasteiger charge is -2.07. The van der Waals surface area contributed by atoms with E-state index in [1.807, 2.05) is 0 Å². The maximum atomic E-state index is 11.4. The van der Waals surface area contributed by atoms with Gasteiger partial charge in [0.05, 0.1) is 12.1 Å². The zero-order valence-corrected chi connectivity index (χ0v) is 8.50. The van der Waals surface area contributed by atoms with Crippen LogP contribution >= 0.6 is 0 Å². The highest BCUT2D eigenvalue weighted by Gasteiger charge is 2.10. The number of nitrogens with two attached hydrogens (primary N) is 1. The first-order valence-corrected chi connectivity index (χ1v) is 4.25. The number of primary amides is 1. The summed E-state index contributed by atoms with van der Waals surface area (Å²) in [5.74, 6) is -0.446. The molecule has 0 aliphatic carbocycles. The Morgan fingerprint density at radius 3 is 2.50 bits per heavy atom. The number of hydrogen-bond acceptors (Lipinski definition) is 3. The summed E-state index contributed by atoms with van der Waals surface area (Å²) in [5.41, 5.74) is 6.84. The fourth-order valence-electron chi connectivity index (χ4n) is 1.25. The maximum absolute atomic E-state index is 11.4. The van der Waals surface area contributed by atoms with Crippen molar-refractivity contribution in [2.75, 3.05) is 0 Å². The van der Waals surface area contributed by atoms with E-state index in [4.69, 9.17) is 5.73 Å². The van der Waals surface area contributed by atoms with Crippen LogP contribution in [0.5, 0.6) is 0 Å². The molecule has 76 valence electrons. The van der Waals surface area contributed by atoms with Crippen molar-refractivity contribution in [2.45, 2.75) is 20.3 Å². The van der Waals surface area contributed by atoms with Crippen LogP contribution in [0.4, 0.5) is 0 Å². The molecule has 0 saturated heterocycles. The number of aromatic nitrogens is 2. The van der Waals surface area contributed by atoms with E-state index in [-0.39, 0.29) is 12.0 Å². The van der Waals surface area contributed by atoms with Crippen molar-refractivity contribution < 1.29 is 4.79 Å². The predicted octanol–water partition coefficient (Wildman–Crippen LogP) is -0.575.